The van der Waals surface area contributed by atoms with E-state index >= 15 is 0 Å². The Labute approximate surface area is 162 Å². The molecule has 150 valence electrons. The van der Waals surface area contributed by atoms with Gasteiger partial charge in [-0.25, -0.2) is 4.79 Å². The first-order chi connectivity index (χ1) is 13.4. The molecule has 1 aliphatic heterocycles. The molecule has 8 nitrogen and oxygen atoms in total. The third-order valence-electron chi connectivity index (χ3n) is 5.23. The molecule has 0 radical (unpaired) electrons. The zero-order chi connectivity index (χ0) is 20.4. The van der Waals surface area contributed by atoms with E-state index in [9.17, 15) is 14.4 Å². The highest BCUT2D eigenvalue weighted by Crippen LogP contribution is 2.28. The van der Waals surface area contributed by atoms with Gasteiger partial charge in [0.1, 0.15) is 5.56 Å². The van der Waals surface area contributed by atoms with Crippen LogP contribution < -0.4 is 20.7 Å². The molecule has 1 fully saturated rings. The maximum absolute atomic E-state index is 13.3. The Balaban J connectivity index is 2.15. The van der Waals surface area contributed by atoms with E-state index in [0.29, 0.717) is 29.3 Å². The van der Waals surface area contributed by atoms with Crippen LogP contribution in [0.5, 0.6) is 11.5 Å². The molecule has 8 heteroatoms. The van der Waals surface area contributed by atoms with Gasteiger partial charge in [0.15, 0.2) is 11.5 Å². The second kappa shape index (κ2) is 8.02. The first-order valence-electron chi connectivity index (χ1n) is 9.17. The highest BCUT2D eigenvalue weighted by molar-refractivity contribution is 6.09. The predicted molar refractivity (Wildman–Crippen MR) is 104 cm³/mol. The topological polar surface area (TPSA) is 82.8 Å². The summed E-state index contributed by atoms with van der Waals surface area (Å²) in [7, 11) is 5.97. The van der Waals surface area contributed by atoms with Crippen molar-refractivity contribution in [1.82, 2.24) is 14.0 Å². The van der Waals surface area contributed by atoms with Crippen LogP contribution in [0.4, 0.5) is 0 Å². The number of aromatic nitrogens is 2. The molecular formula is C20H25N3O5. The van der Waals surface area contributed by atoms with E-state index < -0.39 is 17.0 Å². The molecule has 0 aliphatic carbocycles. The number of carbonyl (C=O) groups is 1. The number of nitrogens with zero attached hydrogens (tertiary/aromatic N) is 3. The summed E-state index contributed by atoms with van der Waals surface area (Å²) in [5, 5.41) is 0. The number of ketones is 1. The van der Waals surface area contributed by atoms with Crippen LogP contribution >= 0.6 is 0 Å². The fraction of sp³-hybridized carbons (Fsp3) is 0.450. The van der Waals surface area contributed by atoms with Crippen molar-refractivity contribution in [2.45, 2.75) is 19.4 Å². The van der Waals surface area contributed by atoms with Gasteiger partial charge in [0.25, 0.3) is 5.56 Å². The van der Waals surface area contributed by atoms with Gasteiger partial charge in [-0.2, -0.15) is 0 Å². The highest BCUT2D eigenvalue weighted by Gasteiger charge is 2.26. The van der Waals surface area contributed by atoms with E-state index in [4.69, 9.17) is 9.47 Å². The monoisotopic (exact) mass is 387 g/mol. The molecule has 0 amide bonds. The molecule has 1 saturated heterocycles. The summed E-state index contributed by atoms with van der Waals surface area (Å²) in [6.45, 7) is 2.15. The first kappa shape index (κ1) is 19.9. The van der Waals surface area contributed by atoms with Crippen molar-refractivity contribution in [3.05, 3.63) is 55.9 Å². The lowest BCUT2D eigenvalue weighted by molar-refractivity contribution is 0.103. The first-order valence-corrected chi connectivity index (χ1v) is 9.17. The van der Waals surface area contributed by atoms with Crippen LogP contribution in [0.2, 0.25) is 0 Å². The standard InChI is InChI=1S/C20H25N3O5/c1-21-14(12-23-9-5-6-10-23)17(19(25)22(2)20(21)26)18(24)13-7-8-15(27-3)16(11-13)28-4/h7-8,11H,5-6,9-10,12H2,1-4H3. The number of hydrogen-bond acceptors (Lipinski definition) is 6. The number of likely N-dealkylation sites (tertiary alicyclic amines) is 1. The minimum absolute atomic E-state index is 0.0173. The lowest BCUT2D eigenvalue weighted by atomic mass is 10.0. The second-order valence-electron chi connectivity index (χ2n) is 6.91. The summed E-state index contributed by atoms with van der Waals surface area (Å²) in [6.07, 6.45) is 2.13. The minimum atomic E-state index is -0.586. The quantitative estimate of drug-likeness (QED) is 0.686. The van der Waals surface area contributed by atoms with Crippen molar-refractivity contribution in [2.75, 3.05) is 27.3 Å². The van der Waals surface area contributed by atoms with Crippen molar-refractivity contribution in [2.24, 2.45) is 14.1 Å². The average Bonchev–Trinajstić information content (AvgIpc) is 3.22. The molecule has 2 heterocycles. The number of benzene rings is 1. The van der Waals surface area contributed by atoms with E-state index in [1.54, 1.807) is 25.2 Å². The molecule has 28 heavy (non-hydrogen) atoms. The molecule has 0 N–H and O–H groups in total. The van der Waals surface area contributed by atoms with Gasteiger partial charge in [-0.3, -0.25) is 23.6 Å². The van der Waals surface area contributed by atoms with E-state index in [-0.39, 0.29) is 5.56 Å². The fourth-order valence-electron chi connectivity index (χ4n) is 3.57. The summed E-state index contributed by atoms with van der Waals surface area (Å²) in [5.74, 6) is 0.451. The molecule has 0 atom stereocenters. The van der Waals surface area contributed by atoms with Crippen molar-refractivity contribution >= 4 is 5.78 Å². The third kappa shape index (κ3) is 3.47. The molecule has 2 aromatic rings. The maximum Gasteiger partial charge on any atom is 0.330 e. The molecule has 3 rings (SSSR count). The molecule has 0 bridgehead atoms. The van der Waals surface area contributed by atoms with Crippen molar-refractivity contribution in [3.63, 3.8) is 0 Å². The minimum Gasteiger partial charge on any atom is -0.493 e. The van der Waals surface area contributed by atoms with E-state index in [1.165, 1.54) is 25.8 Å². The Morgan fingerprint density at radius 2 is 1.64 bits per heavy atom. The van der Waals surface area contributed by atoms with E-state index in [2.05, 4.69) is 4.90 Å². The summed E-state index contributed by atoms with van der Waals surface area (Å²) < 4.78 is 12.9. The van der Waals surface area contributed by atoms with Crippen LogP contribution in [0, 0.1) is 0 Å². The number of methoxy groups -OCH3 is 2. The molecule has 1 aliphatic rings. The Morgan fingerprint density at radius 1 is 1.00 bits per heavy atom. The smallest absolute Gasteiger partial charge is 0.330 e. The Bertz CT molecular complexity index is 1020. The van der Waals surface area contributed by atoms with Crippen LogP contribution in [0.1, 0.15) is 34.5 Å². The van der Waals surface area contributed by atoms with Gasteiger partial charge in [-0.15, -0.1) is 0 Å². The number of ether oxygens (including phenoxy) is 2. The molecular weight excluding hydrogens is 362 g/mol. The van der Waals surface area contributed by atoms with Crippen molar-refractivity contribution < 1.29 is 14.3 Å². The van der Waals surface area contributed by atoms with E-state index in [1.807, 2.05) is 0 Å². The molecule has 0 spiro atoms. The SMILES string of the molecule is COc1ccc(C(=O)c2c(CN3CCCC3)n(C)c(=O)n(C)c2=O)cc1OC. The zero-order valence-corrected chi connectivity index (χ0v) is 16.7. The van der Waals surface area contributed by atoms with Crippen molar-refractivity contribution in [1.29, 1.82) is 0 Å². The molecule has 1 aromatic heterocycles. The van der Waals surface area contributed by atoms with Crippen LogP contribution in [0.25, 0.3) is 0 Å². The Kier molecular flexibility index (Phi) is 5.69. The van der Waals surface area contributed by atoms with Crippen LogP contribution in [-0.2, 0) is 20.6 Å². The highest BCUT2D eigenvalue weighted by atomic mass is 16.5. The van der Waals surface area contributed by atoms with Gasteiger partial charge in [0, 0.05) is 26.2 Å². The van der Waals surface area contributed by atoms with Crippen LogP contribution in [0.3, 0.4) is 0 Å². The molecule has 1 aromatic carbocycles. The summed E-state index contributed by atoms with van der Waals surface area (Å²) in [4.78, 5) is 40.8. The number of rotatable bonds is 6. The van der Waals surface area contributed by atoms with Gasteiger partial charge in [0.05, 0.1) is 19.9 Å². The summed E-state index contributed by atoms with van der Waals surface area (Å²) in [6, 6.07) is 4.76. The third-order valence-corrected chi connectivity index (χ3v) is 5.23. The lowest BCUT2D eigenvalue weighted by Crippen LogP contribution is -2.43. The average molecular weight is 387 g/mol. The summed E-state index contributed by atoms with van der Waals surface area (Å²) >= 11 is 0. The fourth-order valence-corrected chi connectivity index (χ4v) is 3.57. The molecule has 0 saturated carbocycles. The number of carbonyl (C=O) groups excluding carboxylic acids is 1. The Hall–Kier alpha value is -2.87. The second-order valence-corrected chi connectivity index (χ2v) is 6.91. The normalized spacial score (nSPS) is 14.3. The molecule has 0 unspecified atom stereocenters. The number of hydrogen-bond donors (Lipinski definition) is 0. The van der Waals surface area contributed by atoms with Crippen LogP contribution in [-0.4, -0.2) is 47.1 Å². The van der Waals surface area contributed by atoms with Gasteiger partial charge in [-0.05, 0) is 44.1 Å². The Morgan fingerprint density at radius 3 is 2.25 bits per heavy atom. The van der Waals surface area contributed by atoms with Gasteiger partial charge < -0.3 is 9.47 Å². The lowest BCUT2D eigenvalue weighted by Gasteiger charge is -2.20. The van der Waals surface area contributed by atoms with Gasteiger partial charge >= 0.3 is 5.69 Å². The van der Waals surface area contributed by atoms with Gasteiger partial charge in [0.2, 0.25) is 5.78 Å². The van der Waals surface area contributed by atoms with Crippen molar-refractivity contribution in [3.8, 4) is 11.5 Å². The largest absolute Gasteiger partial charge is 0.493 e. The van der Waals surface area contributed by atoms with Crippen LogP contribution in [0.15, 0.2) is 27.8 Å². The predicted octanol–water partition coefficient (Wildman–Crippen LogP) is 0.928. The van der Waals surface area contributed by atoms with Gasteiger partial charge in [-0.1, -0.05) is 0 Å². The zero-order valence-electron chi connectivity index (χ0n) is 16.7. The maximum atomic E-state index is 13.3. The summed E-state index contributed by atoms with van der Waals surface area (Å²) in [5.41, 5.74) is -0.269. The van der Waals surface area contributed by atoms with E-state index in [0.717, 1.165) is 30.5 Å².